The Morgan fingerprint density at radius 1 is 1.43 bits per heavy atom. The third kappa shape index (κ3) is 1.61. The van der Waals surface area contributed by atoms with Crippen LogP contribution < -0.4 is 5.73 Å². The van der Waals surface area contributed by atoms with Crippen LogP contribution in [0.25, 0.3) is 11.3 Å². The minimum absolute atomic E-state index is 0.596. The second-order valence-corrected chi connectivity index (χ2v) is 5.10. The van der Waals surface area contributed by atoms with Gasteiger partial charge < -0.3 is 5.73 Å². The molecule has 0 unspecified atom stereocenters. The largest absolute Gasteiger partial charge is 0.384 e. The van der Waals surface area contributed by atoms with Crippen molar-refractivity contribution in [2.45, 2.75) is 0 Å². The molecule has 2 aromatic heterocycles. The van der Waals surface area contributed by atoms with Crippen LogP contribution in [-0.2, 0) is 7.05 Å². The molecule has 0 spiro atoms. The summed E-state index contributed by atoms with van der Waals surface area (Å²) in [5.74, 6) is 0.596. The number of thiophene rings is 1. The zero-order valence-corrected chi connectivity index (χ0v) is 9.62. The molecule has 14 heavy (non-hydrogen) atoms. The molecule has 3 nitrogen and oxygen atoms in total. The van der Waals surface area contributed by atoms with Crippen LogP contribution in [0, 0.1) is 0 Å². The van der Waals surface area contributed by atoms with E-state index >= 15 is 0 Å². The molecule has 2 heterocycles. The maximum absolute atomic E-state index is 5.99. The minimum Gasteiger partial charge on any atom is -0.384 e. The average Bonchev–Trinajstić information content (AvgIpc) is 2.57. The predicted octanol–water partition coefficient (Wildman–Crippen LogP) is 3.04. The summed E-state index contributed by atoms with van der Waals surface area (Å²) < 4.78 is 2.87. The van der Waals surface area contributed by atoms with Gasteiger partial charge in [0, 0.05) is 18.7 Å². The molecule has 0 aliphatic carbocycles. The summed E-state index contributed by atoms with van der Waals surface area (Å²) in [7, 11) is 1.78. The number of anilines is 1. The molecule has 0 fully saturated rings. The van der Waals surface area contributed by atoms with Crippen LogP contribution in [0.3, 0.4) is 0 Å². The first kappa shape index (κ1) is 9.83. The van der Waals surface area contributed by atoms with Gasteiger partial charge in [0.15, 0.2) is 0 Å². The number of halogens is 2. The highest BCUT2D eigenvalue weighted by Gasteiger charge is 2.11. The van der Waals surface area contributed by atoms with Crippen molar-refractivity contribution in [3.05, 3.63) is 20.8 Å². The number of hydrogen-bond donors (Lipinski definition) is 1. The van der Waals surface area contributed by atoms with E-state index in [0.717, 1.165) is 11.3 Å². The third-order valence-corrected chi connectivity index (χ3v) is 3.34. The highest BCUT2D eigenvalue weighted by atomic mass is 35.5. The first-order valence-corrected chi connectivity index (χ1v) is 5.40. The monoisotopic (exact) mass is 247 g/mol. The molecule has 74 valence electrons. The van der Waals surface area contributed by atoms with Crippen LogP contribution in [0.4, 0.5) is 5.82 Å². The van der Waals surface area contributed by atoms with Crippen LogP contribution in [0.5, 0.6) is 0 Å². The molecular weight excluding hydrogens is 241 g/mol. The lowest BCUT2D eigenvalue weighted by Crippen LogP contribution is -1.96. The molecule has 0 saturated carbocycles. The number of nitrogen functional groups attached to an aromatic ring is 1. The summed E-state index contributed by atoms with van der Waals surface area (Å²) in [6.45, 7) is 0. The van der Waals surface area contributed by atoms with Gasteiger partial charge in [-0.05, 0) is 6.07 Å². The van der Waals surface area contributed by atoms with E-state index in [9.17, 15) is 0 Å². The number of nitrogens with two attached hydrogens (primary N) is 1. The van der Waals surface area contributed by atoms with E-state index < -0.39 is 0 Å². The van der Waals surface area contributed by atoms with Gasteiger partial charge in [-0.15, -0.1) is 11.3 Å². The van der Waals surface area contributed by atoms with E-state index in [1.807, 2.05) is 0 Å². The first-order valence-electron chi connectivity index (χ1n) is 3.82. The summed E-state index contributed by atoms with van der Waals surface area (Å²) in [6.07, 6.45) is 0. The fraction of sp³-hybridized carbons (Fsp3) is 0.125. The lowest BCUT2D eigenvalue weighted by molar-refractivity contribution is 0.782. The number of hydrogen-bond acceptors (Lipinski definition) is 3. The molecule has 0 atom stereocenters. The maximum atomic E-state index is 5.99. The summed E-state index contributed by atoms with van der Waals surface area (Å²) in [4.78, 5) is 0. The highest BCUT2D eigenvalue weighted by Crippen LogP contribution is 2.37. The van der Waals surface area contributed by atoms with Crippen LogP contribution in [0.2, 0.25) is 8.67 Å². The van der Waals surface area contributed by atoms with Gasteiger partial charge >= 0.3 is 0 Å². The van der Waals surface area contributed by atoms with E-state index in [2.05, 4.69) is 5.10 Å². The van der Waals surface area contributed by atoms with E-state index in [1.165, 1.54) is 11.3 Å². The van der Waals surface area contributed by atoms with Gasteiger partial charge in [0.2, 0.25) is 0 Å². The number of aryl methyl sites for hydroxylation is 1. The predicted molar refractivity (Wildman–Crippen MR) is 61.0 cm³/mol. The quantitative estimate of drug-likeness (QED) is 0.842. The van der Waals surface area contributed by atoms with Gasteiger partial charge in [0.1, 0.15) is 10.2 Å². The summed E-state index contributed by atoms with van der Waals surface area (Å²) in [5.41, 5.74) is 7.24. The van der Waals surface area contributed by atoms with Gasteiger partial charge in [-0.3, -0.25) is 4.68 Å². The molecule has 0 saturated heterocycles. The third-order valence-electron chi connectivity index (χ3n) is 1.85. The Kier molecular flexibility index (Phi) is 2.43. The van der Waals surface area contributed by atoms with Crippen molar-refractivity contribution in [3.63, 3.8) is 0 Å². The minimum atomic E-state index is 0.596. The Labute approximate surface area is 95.0 Å². The Balaban J connectivity index is 2.54. The van der Waals surface area contributed by atoms with Gasteiger partial charge in [-0.1, -0.05) is 23.2 Å². The van der Waals surface area contributed by atoms with E-state index in [-0.39, 0.29) is 0 Å². The fourth-order valence-corrected chi connectivity index (χ4v) is 2.61. The molecule has 0 aliphatic rings. The van der Waals surface area contributed by atoms with Crippen LogP contribution in [-0.4, -0.2) is 9.78 Å². The van der Waals surface area contributed by atoms with Gasteiger partial charge in [0.25, 0.3) is 0 Å². The molecule has 2 rings (SSSR count). The second-order valence-electron chi connectivity index (χ2n) is 2.82. The SMILES string of the molecule is Cn1nc(-c2cc(Cl)sc2Cl)cc1N. The second kappa shape index (κ2) is 3.46. The topological polar surface area (TPSA) is 43.8 Å². The maximum Gasteiger partial charge on any atom is 0.121 e. The Morgan fingerprint density at radius 3 is 2.57 bits per heavy atom. The lowest BCUT2D eigenvalue weighted by Gasteiger charge is -1.90. The van der Waals surface area contributed by atoms with Gasteiger partial charge in [-0.2, -0.15) is 5.10 Å². The number of nitrogens with zero attached hydrogens (tertiary/aromatic N) is 2. The highest BCUT2D eigenvalue weighted by molar-refractivity contribution is 7.20. The number of rotatable bonds is 1. The molecule has 0 aromatic carbocycles. The average molecular weight is 248 g/mol. The van der Waals surface area contributed by atoms with Crippen LogP contribution >= 0.6 is 34.5 Å². The Morgan fingerprint density at radius 2 is 2.14 bits per heavy atom. The van der Waals surface area contributed by atoms with E-state index in [4.69, 9.17) is 28.9 Å². The van der Waals surface area contributed by atoms with Crippen molar-refractivity contribution in [2.75, 3.05) is 5.73 Å². The summed E-state index contributed by atoms with van der Waals surface area (Å²) in [5, 5.41) is 4.21. The van der Waals surface area contributed by atoms with Crippen molar-refractivity contribution in [3.8, 4) is 11.3 Å². The summed E-state index contributed by atoms with van der Waals surface area (Å²) >= 11 is 13.1. The van der Waals surface area contributed by atoms with E-state index in [0.29, 0.717) is 14.5 Å². The van der Waals surface area contributed by atoms with Crippen molar-refractivity contribution in [2.24, 2.45) is 7.05 Å². The normalized spacial score (nSPS) is 10.8. The van der Waals surface area contributed by atoms with Crippen molar-refractivity contribution in [1.29, 1.82) is 0 Å². The molecule has 0 amide bonds. The van der Waals surface area contributed by atoms with Gasteiger partial charge in [0.05, 0.1) is 10.0 Å². The van der Waals surface area contributed by atoms with E-state index in [1.54, 1.807) is 23.9 Å². The van der Waals surface area contributed by atoms with Crippen molar-refractivity contribution in [1.82, 2.24) is 9.78 Å². The molecular formula is C8H7Cl2N3S. The molecule has 2 aromatic rings. The zero-order chi connectivity index (χ0) is 10.3. The Bertz CT molecular complexity index is 455. The van der Waals surface area contributed by atoms with Crippen LogP contribution in [0.1, 0.15) is 0 Å². The standard InChI is InChI=1S/C8H7Cl2N3S/c1-13-7(11)3-5(12-13)4-2-6(9)14-8(4)10/h2-3H,11H2,1H3. The van der Waals surface area contributed by atoms with Gasteiger partial charge in [-0.25, -0.2) is 0 Å². The lowest BCUT2D eigenvalue weighted by atomic mass is 10.2. The first-order chi connectivity index (χ1) is 6.58. The summed E-state index contributed by atoms with van der Waals surface area (Å²) in [6, 6.07) is 3.56. The Hall–Kier alpha value is -0.710. The molecule has 0 radical (unpaired) electrons. The molecule has 2 N–H and O–H groups in total. The van der Waals surface area contributed by atoms with Crippen LogP contribution in [0.15, 0.2) is 12.1 Å². The van der Waals surface area contributed by atoms with Crippen molar-refractivity contribution < 1.29 is 0 Å². The molecule has 6 heteroatoms. The molecule has 0 bridgehead atoms. The fourth-order valence-electron chi connectivity index (χ4n) is 1.13. The number of aromatic nitrogens is 2. The zero-order valence-electron chi connectivity index (χ0n) is 7.29. The molecule has 0 aliphatic heterocycles. The smallest absolute Gasteiger partial charge is 0.121 e. The van der Waals surface area contributed by atoms with Crippen molar-refractivity contribution >= 4 is 40.4 Å².